The molecule has 3 aromatic rings. The highest BCUT2D eigenvalue weighted by molar-refractivity contribution is 5.93. The molecule has 0 unspecified atom stereocenters. The SMILES string of the molecule is Cc1n[nH]c(C)c1CNC(=O)Cn1cc(C(=O)NCc2ccccc2)ccc1=O. The summed E-state index contributed by atoms with van der Waals surface area (Å²) in [6, 6.07) is 12.3. The number of pyridine rings is 1. The van der Waals surface area contributed by atoms with Crippen molar-refractivity contribution >= 4 is 11.8 Å². The van der Waals surface area contributed by atoms with Gasteiger partial charge in [0.1, 0.15) is 6.54 Å². The normalized spacial score (nSPS) is 10.6. The molecule has 2 heterocycles. The van der Waals surface area contributed by atoms with Gasteiger partial charge < -0.3 is 15.2 Å². The summed E-state index contributed by atoms with van der Waals surface area (Å²) >= 11 is 0. The maximum Gasteiger partial charge on any atom is 0.253 e. The summed E-state index contributed by atoms with van der Waals surface area (Å²) in [4.78, 5) is 36.7. The zero-order valence-corrected chi connectivity index (χ0v) is 16.4. The van der Waals surface area contributed by atoms with E-state index in [2.05, 4.69) is 20.8 Å². The van der Waals surface area contributed by atoms with Crippen LogP contribution < -0.4 is 16.2 Å². The largest absolute Gasteiger partial charge is 0.350 e. The van der Waals surface area contributed by atoms with Crippen molar-refractivity contribution in [2.45, 2.75) is 33.5 Å². The van der Waals surface area contributed by atoms with E-state index < -0.39 is 0 Å². The van der Waals surface area contributed by atoms with Gasteiger partial charge in [-0.25, -0.2) is 0 Å². The zero-order valence-electron chi connectivity index (χ0n) is 16.4. The predicted molar refractivity (Wildman–Crippen MR) is 108 cm³/mol. The van der Waals surface area contributed by atoms with Crippen LogP contribution in [0.3, 0.4) is 0 Å². The number of carbonyl (C=O) groups excluding carboxylic acids is 2. The van der Waals surface area contributed by atoms with Crippen LogP contribution in [-0.2, 0) is 24.4 Å². The number of aryl methyl sites for hydroxylation is 2. The Balaban J connectivity index is 1.61. The van der Waals surface area contributed by atoms with Gasteiger partial charge in [0.2, 0.25) is 5.91 Å². The van der Waals surface area contributed by atoms with Gasteiger partial charge >= 0.3 is 0 Å². The summed E-state index contributed by atoms with van der Waals surface area (Å²) in [5.41, 5.74) is 3.55. The van der Waals surface area contributed by atoms with E-state index in [0.717, 1.165) is 22.5 Å². The van der Waals surface area contributed by atoms with Gasteiger partial charge in [0.25, 0.3) is 11.5 Å². The molecule has 1 aromatic carbocycles. The second-order valence-corrected chi connectivity index (χ2v) is 6.74. The van der Waals surface area contributed by atoms with E-state index >= 15 is 0 Å². The molecule has 0 saturated heterocycles. The number of hydrogen-bond donors (Lipinski definition) is 3. The van der Waals surface area contributed by atoms with Crippen molar-refractivity contribution in [2.75, 3.05) is 0 Å². The predicted octanol–water partition coefficient (Wildman–Crippen LogP) is 1.43. The molecule has 3 N–H and O–H groups in total. The highest BCUT2D eigenvalue weighted by Crippen LogP contribution is 2.08. The van der Waals surface area contributed by atoms with Gasteiger partial charge in [-0.2, -0.15) is 5.10 Å². The molecule has 0 atom stereocenters. The van der Waals surface area contributed by atoms with Crippen molar-refractivity contribution in [1.29, 1.82) is 0 Å². The summed E-state index contributed by atoms with van der Waals surface area (Å²) in [6.45, 7) is 4.26. The first-order valence-corrected chi connectivity index (χ1v) is 9.24. The van der Waals surface area contributed by atoms with Crippen LogP contribution in [0, 0.1) is 13.8 Å². The molecule has 8 heteroatoms. The maximum atomic E-state index is 12.4. The van der Waals surface area contributed by atoms with Crippen molar-refractivity contribution in [3.63, 3.8) is 0 Å². The van der Waals surface area contributed by atoms with E-state index in [4.69, 9.17) is 0 Å². The molecular weight excluding hydrogens is 370 g/mol. The minimum absolute atomic E-state index is 0.172. The molecule has 0 fully saturated rings. The Hall–Kier alpha value is -3.68. The smallest absolute Gasteiger partial charge is 0.253 e. The lowest BCUT2D eigenvalue weighted by Gasteiger charge is -2.10. The minimum Gasteiger partial charge on any atom is -0.350 e. The molecule has 0 saturated carbocycles. The number of aromatic amines is 1. The Kier molecular flexibility index (Phi) is 6.23. The lowest BCUT2D eigenvalue weighted by molar-refractivity contribution is -0.121. The molecule has 2 amide bonds. The lowest BCUT2D eigenvalue weighted by atomic mass is 10.2. The van der Waals surface area contributed by atoms with E-state index in [1.807, 2.05) is 44.2 Å². The Morgan fingerprint density at radius 1 is 1.03 bits per heavy atom. The third-order valence-electron chi connectivity index (χ3n) is 4.60. The quantitative estimate of drug-likeness (QED) is 0.564. The van der Waals surface area contributed by atoms with Gasteiger partial charge in [0.15, 0.2) is 0 Å². The van der Waals surface area contributed by atoms with Gasteiger partial charge in [0, 0.05) is 36.6 Å². The summed E-state index contributed by atoms with van der Waals surface area (Å²) < 4.78 is 1.22. The standard InChI is InChI=1S/C21H23N5O3/c1-14-18(15(2)25-24-14)11-22-19(27)13-26-12-17(8-9-20(26)28)21(29)23-10-16-6-4-3-5-7-16/h3-9,12H,10-11,13H2,1-2H3,(H,22,27)(H,23,29)(H,24,25). The summed E-state index contributed by atoms with van der Waals surface area (Å²) in [5.74, 6) is -0.637. The molecule has 0 aliphatic carbocycles. The van der Waals surface area contributed by atoms with Crippen molar-refractivity contribution in [1.82, 2.24) is 25.4 Å². The number of aromatic nitrogens is 3. The second-order valence-electron chi connectivity index (χ2n) is 6.74. The molecule has 3 rings (SSSR count). The first-order chi connectivity index (χ1) is 13.9. The van der Waals surface area contributed by atoms with Crippen molar-refractivity contribution < 1.29 is 9.59 Å². The fourth-order valence-corrected chi connectivity index (χ4v) is 2.90. The van der Waals surface area contributed by atoms with Crippen LogP contribution in [0.4, 0.5) is 0 Å². The molecule has 0 aliphatic rings. The molecule has 2 aromatic heterocycles. The molecule has 0 bridgehead atoms. The molecule has 0 radical (unpaired) electrons. The average Bonchev–Trinajstić information content (AvgIpc) is 3.04. The van der Waals surface area contributed by atoms with Crippen LogP contribution >= 0.6 is 0 Å². The van der Waals surface area contributed by atoms with E-state index in [1.165, 1.54) is 22.9 Å². The topological polar surface area (TPSA) is 109 Å². The summed E-state index contributed by atoms with van der Waals surface area (Å²) in [6.07, 6.45) is 1.40. The molecule has 29 heavy (non-hydrogen) atoms. The van der Waals surface area contributed by atoms with E-state index in [-0.39, 0.29) is 23.9 Å². The van der Waals surface area contributed by atoms with Gasteiger partial charge in [-0.3, -0.25) is 19.5 Å². The fraction of sp³-hybridized carbons (Fsp3) is 0.238. The maximum absolute atomic E-state index is 12.4. The van der Waals surface area contributed by atoms with Crippen molar-refractivity contribution in [3.8, 4) is 0 Å². The average molecular weight is 393 g/mol. The fourth-order valence-electron chi connectivity index (χ4n) is 2.90. The highest BCUT2D eigenvalue weighted by Gasteiger charge is 2.12. The van der Waals surface area contributed by atoms with Gasteiger partial charge in [-0.1, -0.05) is 30.3 Å². The second kappa shape index (κ2) is 9.01. The number of nitrogens with zero attached hydrogens (tertiary/aromatic N) is 2. The van der Waals surface area contributed by atoms with Crippen LogP contribution in [0.25, 0.3) is 0 Å². The number of hydrogen-bond acceptors (Lipinski definition) is 4. The Morgan fingerprint density at radius 2 is 1.79 bits per heavy atom. The monoisotopic (exact) mass is 393 g/mol. The molecule has 0 spiro atoms. The molecular formula is C21H23N5O3. The summed E-state index contributed by atoms with van der Waals surface area (Å²) in [7, 11) is 0. The number of amides is 2. The van der Waals surface area contributed by atoms with Crippen LogP contribution in [0.2, 0.25) is 0 Å². The zero-order chi connectivity index (χ0) is 20.8. The third-order valence-corrected chi connectivity index (χ3v) is 4.60. The number of carbonyl (C=O) groups is 2. The number of benzene rings is 1. The Labute approximate surface area is 168 Å². The number of rotatable bonds is 7. The van der Waals surface area contributed by atoms with Crippen molar-refractivity contribution in [3.05, 3.63) is 87.1 Å². The van der Waals surface area contributed by atoms with Gasteiger partial charge in [-0.15, -0.1) is 0 Å². The molecule has 150 valence electrons. The van der Waals surface area contributed by atoms with Gasteiger partial charge in [-0.05, 0) is 25.5 Å². The van der Waals surface area contributed by atoms with Gasteiger partial charge in [0.05, 0.1) is 11.3 Å². The Bertz CT molecular complexity index is 1050. The lowest BCUT2D eigenvalue weighted by Crippen LogP contribution is -2.33. The summed E-state index contributed by atoms with van der Waals surface area (Å²) in [5, 5.41) is 12.5. The van der Waals surface area contributed by atoms with Crippen LogP contribution in [0.5, 0.6) is 0 Å². The van der Waals surface area contributed by atoms with Crippen LogP contribution in [-0.4, -0.2) is 26.6 Å². The Morgan fingerprint density at radius 3 is 2.48 bits per heavy atom. The van der Waals surface area contributed by atoms with E-state index in [9.17, 15) is 14.4 Å². The van der Waals surface area contributed by atoms with E-state index in [0.29, 0.717) is 18.7 Å². The minimum atomic E-state index is -0.351. The third kappa shape index (κ3) is 5.19. The van der Waals surface area contributed by atoms with Crippen molar-refractivity contribution in [2.24, 2.45) is 0 Å². The van der Waals surface area contributed by atoms with Crippen LogP contribution in [0.15, 0.2) is 53.5 Å². The number of H-pyrrole nitrogens is 1. The first-order valence-electron chi connectivity index (χ1n) is 9.24. The van der Waals surface area contributed by atoms with Crippen LogP contribution in [0.1, 0.15) is 32.9 Å². The molecule has 0 aliphatic heterocycles. The number of nitrogens with one attached hydrogen (secondary N) is 3. The highest BCUT2D eigenvalue weighted by atomic mass is 16.2. The first kappa shape index (κ1) is 20.1. The van der Waals surface area contributed by atoms with E-state index in [1.54, 1.807) is 0 Å². The molecule has 8 nitrogen and oxygen atoms in total.